The first-order valence-corrected chi connectivity index (χ1v) is 10.9. The minimum absolute atomic E-state index is 0.0587. The van der Waals surface area contributed by atoms with Gasteiger partial charge in [0, 0.05) is 25.4 Å². The fourth-order valence-electron chi connectivity index (χ4n) is 4.55. The predicted octanol–water partition coefficient (Wildman–Crippen LogP) is 2.10. The third kappa shape index (κ3) is 3.27. The molecule has 0 unspecified atom stereocenters. The number of piperidine rings is 1. The van der Waals surface area contributed by atoms with Crippen LogP contribution in [0.3, 0.4) is 0 Å². The highest BCUT2D eigenvalue weighted by Gasteiger charge is 2.50. The van der Waals surface area contributed by atoms with Crippen molar-refractivity contribution in [2.45, 2.75) is 56.3 Å². The van der Waals surface area contributed by atoms with Crippen LogP contribution in [0.25, 0.3) is 10.2 Å². The van der Waals surface area contributed by atoms with Crippen molar-refractivity contribution < 1.29 is 14.6 Å². The molecule has 0 aromatic carbocycles. The van der Waals surface area contributed by atoms with E-state index >= 15 is 0 Å². The molecule has 2 N–H and O–H groups in total. The Labute approximate surface area is 168 Å². The monoisotopic (exact) mass is 402 g/mol. The molecule has 3 fully saturated rings. The molecule has 1 amide bonds. The molecule has 2 saturated heterocycles. The van der Waals surface area contributed by atoms with Crippen LogP contribution in [0.5, 0.6) is 0 Å². The number of amides is 1. The normalized spacial score (nSPS) is 29.9. The van der Waals surface area contributed by atoms with E-state index in [4.69, 9.17) is 4.74 Å². The number of hydrogen-bond donors (Lipinski definition) is 2. The van der Waals surface area contributed by atoms with Gasteiger partial charge >= 0.3 is 0 Å². The molecule has 8 heteroatoms. The van der Waals surface area contributed by atoms with Gasteiger partial charge in [0.2, 0.25) is 5.91 Å². The first-order valence-electron chi connectivity index (χ1n) is 10.1. The van der Waals surface area contributed by atoms with E-state index in [0.29, 0.717) is 13.0 Å². The van der Waals surface area contributed by atoms with Gasteiger partial charge in [-0.15, -0.1) is 11.3 Å². The summed E-state index contributed by atoms with van der Waals surface area (Å²) in [6.45, 7) is 3.87. The lowest BCUT2D eigenvalue weighted by Crippen LogP contribution is -2.64. The van der Waals surface area contributed by atoms with Gasteiger partial charge in [-0.3, -0.25) is 4.79 Å². The van der Waals surface area contributed by atoms with Gasteiger partial charge in [-0.1, -0.05) is 0 Å². The quantitative estimate of drug-likeness (QED) is 0.818. The van der Waals surface area contributed by atoms with Crippen LogP contribution < -0.4 is 10.2 Å². The van der Waals surface area contributed by atoms with Gasteiger partial charge in [0.25, 0.3) is 0 Å². The lowest BCUT2D eigenvalue weighted by Gasteiger charge is -2.51. The maximum Gasteiger partial charge on any atom is 0.223 e. The second-order valence-electron chi connectivity index (χ2n) is 8.68. The maximum atomic E-state index is 12.1. The first kappa shape index (κ1) is 18.3. The smallest absolute Gasteiger partial charge is 0.223 e. The van der Waals surface area contributed by atoms with Gasteiger partial charge in [0.1, 0.15) is 12.1 Å². The van der Waals surface area contributed by atoms with E-state index in [1.54, 1.807) is 17.7 Å². The van der Waals surface area contributed by atoms with E-state index in [1.807, 2.05) is 18.4 Å². The van der Waals surface area contributed by atoms with Crippen molar-refractivity contribution in [3.8, 4) is 0 Å². The predicted molar refractivity (Wildman–Crippen MR) is 107 cm³/mol. The largest absolute Gasteiger partial charge is 0.388 e. The number of aliphatic hydroxyl groups is 1. The number of fused-ring (bicyclic) bond motifs is 1. The minimum atomic E-state index is -0.957. The lowest BCUT2D eigenvalue weighted by atomic mass is 9.75. The van der Waals surface area contributed by atoms with Gasteiger partial charge in [0.15, 0.2) is 0 Å². The van der Waals surface area contributed by atoms with Crippen LogP contribution >= 0.6 is 11.3 Å². The van der Waals surface area contributed by atoms with Crippen molar-refractivity contribution in [1.29, 1.82) is 0 Å². The molecule has 2 atom stereocenters. The first-order chi connectivity index (χ1) is 13.5. The molecule has 28 heavy (non-hydrogen) atoms. The summed E-state index contributed by atoms with van der Waals surface area (Å²) in [5.74, 6) is 1.19. The SMILES string of the molecule is C[C@]1(O)CC2(CCN(c3ncnc4ccsc34)CC2)OC[C@@H]1NC(=O)C1CC1. The number of nitrogens with one attached hydrogen (secondary N) is 1. The fraction of sp³-hybridized carbons (Fsp3) is 0.650. The van der Waals surface area contributed by atoms with Crippen LogP contribution in [0.2, 0.25) is 0 Å². The molecule has 7 nitrogen and oxygen atoms in total. The summed E-state index contributed by atoms with van der Waals surface area (Å²) in [4.78, 5) is 23.3. The lowest BCUT2D eigenvalue weighted by molar-refractivity contribution is -0.181. The average molecular weight is 403 g/mol. The Morgan fingerprint density at radius 2 is 2.14 bits per heavy atom. The molecular weight excluding hydrogens is 376 g/mol. The number of aromatic nitrogens is 2. The average Bonchev–Trinajstić information content (AvgIpc) is 3.41. The topological polar surface area (TPSA) is 87.6 Å². The Kier molecular flexibility index (Phi) is 4.33. The van der Waals surface area contributed by atoms with Crippen LogP contribution in [-0.2, 0) is 9.53 Å². The summed E-state index contributed by atoms with van der Waals surface area (Å²) >= 11 is 1.67. The number of carbonyl (C=O) groups is 1. The van der Waals surface area contributed by atoms with Gasteiger partial charge in [-0.2, -0.15) is 0 Å². The van der Waals surface area contributed by atoms with Crippen LogP contribution in [-0.4, -0.2) is 57.9 Å². The second kappa shape index (κ2) is 6.64. The fourth-order valence-corrected chi connectivity index (χ4v) is 5.41. The number of anilines is 1. The molecule has 1 spiro atoms. The van der Waals surface area contributed by atoms with Gasteiger partial charge in [0.05, 0.1) is 34.1 Å². The Morgan fingerprint density at radius 3 is 2.86 bits per heavy atom. The highest BCUT2D eigenvalue weighted by atomic mass is 32.1. The third-order valence-electron chi connectivity index (χ3n) is 6.45. The van der Waals surface area contributed by atoms with Crippen molar-refractivity contribution in [3.05, 3.63) is 17.8 Å². The van der Waals surface area contributed by atoms with E-state index in [2.05, 4.69) is 20.2 Å². The summed E-state index contributed by atoms with van der Waals surface area (Å²) in [7, 11) is 0. The van der Waals surface area contributed by atoms with Crippen LogP contribution in [0, 0.1) is 5.92 Å². The van der Waals surface area contributed by atoms with Crippen molar-refractivity contribution in [3.63, 3.8) is 0 Å². The number of nitrogens with zero attached hydrogens (tertiary/aromatic N) is 3. The van der Waals surface area contributed by atoms with Crippen molar-refractivity contribution in [1.82, 2.24) is 15.3 Å². The van der Waals surface area contributed by atoms with Gasteiger partial charge < -0.3 is 20.1 Å². The highest BCUT2D eigenvalue weighted by Crippen LogP contribution is 2.41. The summed E-state index contributed by atoms with van der Waals surface area (Å²) in [5, 5.41) is 16.1. The molecule has 5 rings (SSSR count). The molecule has 1 aliphatic carbocycles. The Hall–Kier alpha value is -1.77. The third-order valence-corrected chi connectivity index (χ3v) is 7.35. The van der Waals surface area contributed by atoms with Gasteiger partial charge in [-0.05, 0) is 44.1 Å². The van der Waals surface area contributed by atoms with Crippen LogP contribution in [0.15, 0.2) is 17.8 Å². The standard InChI is InChI=1S/C20H26N4O3S/c1-19(26)11-20(27-10-15(19)23-18(25)13-2-3-13)5-7-24(8-6-20)17-16-14(4-9-28-16)21-12-22-17/h4,9,12-13,15,26H,2-3,5-8,10-11H2,1H3,(H,23,25)/t15-,19-/m0/s1. The van der Waals surface area contributed by atoms with Gasteiger partial charge in [-0.25, -0.2) is 9.97 Å². The molecule has 2 aromatic heterocycles. The number of ether oxygens (including phenoxy) is 1. The highest BCUT2D eigenvalue weighted by molar-refractivity contribution is 7.17. The van der Waals surface area contributed by atoms with E-state index < -0.39 is 5.60 Å². The number of carbonyl (C=O) groups excluding carboxylic acids is 1. The molecule has 2 aromatic rings. The number of rotatable bonds is 3. The van der Waals surface area contributed by atoms with Crippen LogP contribution in [0.4, 0.5) is 5.82 Å². The molecule has 1 saturated carbocycles. The van der Waals surface area contributed by atoms with E-state index in [9.17, 15) is 9.90 Å². The molecule has 4 heterocycles. The molecule has 2 aliphatic heterocycles. The zero-order valence-electron chi connectivity index (χ0n) is 16.1. The van der Waals surface area contributed by atoms with E-state index in [-0.39, 0.29) is 23.5 Å². The molecule has 150 valence electrons. The molecule has 0 radical (unpaired) electrons. The zero-order valence-corrected chi connectivity index (χ0v) is 16.9. The Morgan fingerprint density at radius 1 is 1.36 bits per heavy atom. The van der Waals surface area contributed by atoms with Crippen LogP contribution in [0.1, 0.15) is 39.0 Å². The summed E-state index contributed by atoms with van der Waals surface area (Å²) in [5.41, 5.74) is -0.301. The van der Waals surface area contributed by atoms with Crippen molar-refractivity contribution >= 4 is 33.3 Å². The minimum Gasteiger partial charge on any atom is -0.388 e. The maximum absolute atomic E-state index is 12.1. The van der Waals surface area contributed by atoms with E-state index in [1.165, 1.54) is 0 Å². The zero-order chi connectivity index (χ0) is 19.4. The molecular formula is C20H26N4O3S. The number of hydrogen-bond acceptors (Lipinski definition) is 7. The Bertz CT molecular complexity index is 886. The Balaban J connectivity index is 1.26. The van der Waals surface area contributed by atoms with E-state index in [0.717, 1.165) is 54.8 Å². The molecule has 3 aliphatic rings. The van der Waals surface area contributed by atoms with Crippen molar-refractivity contribution in [2.24, 2.45) is 5.92 Å². The number of thiophene rings is 1. The van der Waals surface area contributed by atoms with Crippen molar-refractivity contribution in [2.75, 3.05) is 24.6 Å². The second-order valence-corrected chi connectivity index (χ2v) is 9.60. The summed E-state index contributed by atoms with van der Waals surface area (Å²) in [6.07, 6.45) is 5.77. The summed E-state index contributed by atoms with van der Waals surface area (Å²) < 4.78 is 7.40. The molecule has 0 bridgehead atoms. The summed E-state index contributed by atoms with van der Waals surface area (Å²) in [6, 6.07) is 1.69.